The van der Waals surface area contributed by atoms with Gasteiger partial charge in [0.25, 0.3) is 0 Å². The van der Waals surface area contributed by atoms with E-state index < -0.39 is 0 Å². The molecule has 1 aromatic heterocycles. The molecular formula is C18H22N2O2. The molecule has 1 aromatic carbocycles. The Kier molecular flexibility index (Phi) is 5.95. The lowest BCUT2D eigenvalue weighted by Gasteiger charge is -2.11. The quantitative estimate of drug-likeness (QED) is 0.810. The molecule has 0 fully saturated rings. The van der Waals surface area contributed by atoms with E-state index in [4.69, 9.17) is 4.74 Å². The number of nitrogens with zero attached hydrogens (tertiary/aromatic N) is 1. The average Bonchev–Trinajstić information content (AvgIpc) is 2.50. The molecule has 1 N–H and O–H groups in total. The molecule has 0 saturated heterocycles. The fourth-order valence-corrected chi connectivity index (χ4v) is 2.27. The van der Waals surface area contributed by atoms with Gasteiger partial charge in [-0.25, -0.2) is 0 Å². The van der Waals surface area contributed by atoms with Crippen LogP contribution in [-0.2, 0) is 4.79 Å². The van der Waals surface area contributed by atoms with E-state index in [1.165, 1.54) is 0 Å². The molecule has 1 unspecified atom stereocenters. The third-order valence-electron chi connectivity index (χ3n) is 3.34. The summed E-state index contributed by atoms with van der Waals surface area (Å²) in [6.07, 6.45) is 6.10. The summed E-state index contributed by atoms with van der Waals surface area (Å²) in [7, 11) is 0. The smallest absolute Gasteiger partial charge is 0.224 e. The van der Waals surface area contributed by atoms with Crippen molar-refractivity contribution in [3.05, 3.63) is 48.8 Å². The minimum Gasteiger partial charge on any atom is -0.457 e. The summed E-state index contributed by atoms with van der Waals surface area (Å²) in [4.78, 5) is 15.9. The van der Waals surface area contributed by atoms with Crippen molar-refractivity contribution < 1.29 is 9.53 Å². The van der Waals surface area contributed by atoms with Crippen LogP contribution in [-0.4, -0.2) is 10.9 Å². The maximum atomic E-state index is 11.9. The second-order valence-corrected chi connectivity index (χ2v) is 5.46. The highest BCUT2D eigenvalue weighted by molar-refractivity contribution is 5.90. The molecular weight excluding hydrogens is 276 g/mol. The van der Waals surface area contributed by atoms with Crippen molar-refractivity contribution in [3.8, 4) is 11.5 Å². The molecule has 0 aliphatic carbocycles. The molecule has 116 valence electrons. The van der Waals surface area contributed by atoms with Crippen LogP contribution in [0.3, 0.4) is 0 Å². The van der Waals surface area contributed by atoms with Gasteiger partial charge in [0.15, 0.2) is 0 Å². The molecule has 1 heterocycles. The van der Waals surface area contributed by atoms with Crippen LogP contribution in [0, 0.1) is 5.92 Å². The van der Waals surface area contributed by atoms with E-state index in [1.54, 1.807) is 24.5 Å². The van der Waals surface area contributed by atoms with E-state index in [0.717, 1.165) is 30.0 Å². The number of amides is 1. The summed E-state index contributed by atoms with van der Waals surface area (Å²) in [6, 6.07) is 11.0. The standard InChI is InChI=1S/C18H22N2O2/c1-3-4-14(2)13-18(21)20-15-5-7-16(8-6-15)22-17-9-11-19-12-10-17/h5-12,14H,3-4,13H2,1-2H3,(H,20,21). The molecule has 1 atom stereocenters. The van der Waals surface area contributed by atoms with Crippen molar-refractivity contribution in [3.63, 3.8) is 0 Å². The molecule has 4 heteroatoms. The largest absolute Gasteiger partial charge is 0.457 e. The number of pyridine rings is 1. The van der Waals surface area contributed by atoms with E-state index in [1.807, 2.05) is 24.3 Å². The zero-order valence-electron chi connectivity index (χ0n) is 13.1. The third-order valence-corrected chi connectivity index (χ3v) is 3.34. The van der Waals surface area contributed by atoms with Crippen LogP contribution in [0.2, 0.25) is 0 Å². The van der Waals surface area contributed by atoms with Gasteiger partial charge in [-0.1, -0.05) is 26.7 Å². The number of carbonyl (C=O) groups excluding carboxylic acids is 1. The lowest BCUT2D eigenvalue weighted by atomic mass is 10.0. The number of carbonyl (C=O) groups is 1. The van der Waals surface area contributed by atoms with Crippen molar-refractivity contribution in [2.24, 2.45) is 5.92 Å². The number of nitrogens with one attached hydrogen (secondary N) is 1. The first-order chi connectivity index (χ1) is 10.7. The Morgan fingerprint density at radius 3 is 2.41 bits per heavy atom. The van der Waals surface area contributed by atoms with Gasteiger partial charge >= 0.3 is 0 Å². The molecule has 0 aliphatic rings. The molecule has 1 amide bonds. The highest BCUT2D eigenvalue weighted by atomic mass is 16.5. The van der Waals surface area contributed by atoms with E-state index in [0.29, 0.717) is 12.3 Å². The van der Waals surface area contributed by atoms with Crippen LogP contribution >= 0.6 is 0 Å². The van der Waals surface area contributed by atoms with Gasteiger partial charge in [-0.3, -0.25) is 9.78 Å². The summed E-state index contributed by atoms with van der Waals surface area (Å²) in [6.45, 7) is 4.24. The van der Waals surface area contributed by atoms with E-state index in [9.17, 15) is 4.79 Å². The summed E-state index contributed by atoms with van der Waals surface area (Å²) in [5, 5.41) is 2.92. The number of aromatic nitrogens is 1. The topological polar surface area (TPSA) is 51.2 Å². The van der Waals surface area contributed by atoms with Crippen molar-refractivity contribution in [1.29, 1.82) is 0 Å². The maximum Gasteiger partial charge on any atom is 0.224 e. The molecule has 2 aromatic rings. The minimum atomic E-state index is 0.0590. The molecule has 0 radical (unpaired) electrons. The minimum absolute atomic E-state index is 0.0590. The van der Waals surface area contributed by atoms with Crippen LogP contribution in [0.5, 0.6) is 11.5 Å². The lowest BCUT2D eigenvalue weighted by molar-refractivity contribution is -0.117. The zero-order chi connectivity index (χ0) is 15.8. The van der Waals surface area contributed by atoms with Gasteiger partial charge in [-0.05, 0) is 42.3 Å². The van der Waals surface area contributed by atoms with Crippen molar-refractivity contribution in [2.75, 3.05) is 5.32 Å². The number of anilines is 1. The van der Waals surface area contributed by atoms with Crippen molar-refractivity contribution in [1.82, 2.24) is 4.98 Å². The fraction of sp³-hybridized carbons (Fsp3) is 0.333. The van der Waals surface area contributed by atoms with Gasteiger partial charge in [0.1, 0.15) is 11.5 Å². The Labute approximate surface area is 131 Å². The molecule has 2 rings (SSSR count). The van der Waals surface area contributed by atoms with E-state index >= 15 is 0 Å². The van der Waals surface area contributed by atoms with Gasteiger partial charge in [0, 0.05) is 24.5 Å². The van der Waals surface area contributed by atoms with Crippen LogP contribution in [0.1, 0.15) is 33.1 Å². The molecule has 22 heavy (non-hydrogen) atoms. The fourth-order valence-electron chi connectivity index (χ4n) is 2.27. The van der Waals surface area contributed by atoms with Crippen LogP contribution in [0.15, 0.2) is 48.8 Å². The van der Waals surface area contributed by atoms with Crippen molar-refractivity contribution in [2.45, 2.75) is 33.1 Å². The van der Waals surface area contributed by atoms with Gasteiger partial charge in [-0.2, -0.15) is 0 Å². The predicted molar refractivity (Wildman–Crippen MR) is 88.1 cm³/mol. The molecule has 0 bridgehead atoms. The Balaban J connectivity index is 1.88. The van der Waals surface area contributed by atoms with Gasteiger partial charge in [-0.15, -0.1) is 0 Å². The summed E-state index contributed by atoms with van der Waals surface area (Å²) in [5.74, 6) is 1.94. The SMILES string of the molecule is CCCC(C)CC(=O)Nc1ccc(Oc2ccncc2)cc1. The first-order valence-corrected chi connectivity index (χ1v) is 7.65. The second-order valence-electron chi connectivity index (χ2n) is 5.46. The Morgan fingerprint density at radius 1 is 1.14 bits per heavy atom. The van der Waals surface area contributed by atoms with Crippen molar-refractivity contribution >= 4 is 11.6 Å². The van der Waals surface area contributed by atoms with Crippen LogP contribution in [0.25, 0.3) is 0 Å². The Morgan fingerprint density at radius 2 is 1.77 bits per heavy atom. The summed E-state index contributed by atoms with van der Waals surface area (Å²) in [5.41, 5.74) is 0.788. The maximum absolute atomic E-state index is 11.9. The molecule has 0 spiro atoms. The van der Waals surface area contributed by atoms with E-state index in [-0.39, 0.29) is 5.91 Å². The lowest BCUT2D eigenvalue weighted by Crippen LogP contribution is -2.14. The molecule has 0 saturated carbocycles. The number of hydrogen-bond acceptors (Lipinski definition) is 3. The summed E-state index contributed by atoms with van der Waals surface area (Å²) < 4.78 is 5.68. The first kappa shape index (κ1) is 16.0. The van der Waals surface area contributed by atoms with Gasteiger partial charge in [0.2, 0.25) is 5.91 Å². The third kappa shape index (κ3) is 5.20. The predicted octanol–water partition coefficient (Wildman–Crippen LogP) is 4.64. The monoisotopic (exact) mass is 298 g/mol. The number of rotatable bonds is 7. The highest BCUT2D eigenvalue weighted by Crippen LogP contribution is 2.22. The Hall–Kier alpha value is -2.36. The highest BCUT2D eigenvalue weighted by Gasteiger charge is 2.08. The first-order valence-electron chi connectivity index (χ1n) is 7.65. The molecule has 4 nitrogen and oxygen atoms in total. The van der Waals surface area contributed by atoms with Crippen LogP contribution in [0.4, 0.5) is 5.69 Å². The molecule has 0 aliphatic heterocycles. The van der Waals surface area contributed by atoms with Gasteiger partial charge in [0.05, 0.1) is 0 Å². The Bertz CT molecular complexity index is 582. The summed E-state index contributed by atoms with van der Waals surface area (Å²) >= 11 is 0. The second kappa shape index (κ2) is 8.17. The number of hydrogen-bond donors (Lipinski definition) is 1. The van der Waals surface area contributed by atoms with Gasteiger partial charge < -0.3 is 10.1 Å². The van der Waals surface area contributed by atoms with E-state index in [2.05, 4.69) is 24.1 Å². The normalized spacial score (nSPS) is 11.7. The zero-order valence-corrected chi connectivity index (χ0v) is 13.1. The van der Waals surface area contributed by atoms with Crippen LogP contribution < -0.4 is 10.1 Å². The number of ether oxygens (including phenoxy) is 1. The number of benzene rings is 1. The average molecular weight is 298 g/mol.